The highest BCUT2D eigenvalue weighted by Crippen LogP contribution is 2.36. The number of aromatic nitrogens is 2. The molecule has 1 fully saturated rings. The Balaban J connectivity index is 1.17. The minimum atomic E-state index is -0.891. The number of nitrogens with one attached hydrogen (secondary N) is 1. The Morgan fingerprint density at radius 1 is 0.860 bits per heavy atom. The van der Waals surface area contributed by atoms with Gasteiger partial charge in [-0.05, 0) is 90.0 Å². The van der Waals surface area contributed by atoms with Crippen LogP contribution >= 0.6 is 23.2 Å². The van der Waals surface area contributed by atoms with Crippen molar-refractivity contribution in [2.45, 2.75) is 31.2 Å². The summed E-state index contributed by atoms with van der Waals surface area (Å²) in [5, 5.41) is 24.1. The van der Waals surface area contributed by atoms with Crippen molar-refractivity contribution in [3.63, 3.8) is 0 Å². The molecule has 43 heavy (non-hydrogen) atoms. The van der Waals surface area contributed by atoms with Gasteiger partial charge in [-0.2, -0.15) is 10.2 Å². The van der Waals surface area contributed by atoms with Crippen LogP contribution in [0.15, 0.2) is 97.2 Å². The minimum Gasteiger partial charge on any atom is -0.478 e. The van der Waals surface area contributed by atoms with Crippen molar-refractivity contribution in [3.8, 4) is 0 Å². The minimum absolute atomic E-state index is 0.00326. The first kappa shape index (κ1) is 29.1. The molecule has 2 heterocycles. The fourth-order valence-corrected chi connectivity index (χ4v) is 6.13. The zero-order chi connectivity index (χ0) is 29.8. The van der Waals surface area contributed by atoms with Crippen molar-refractivity contribution in [2.75, 3.05) is 25.0 Å². The molecule has 6 nitrogen and oxygen atoms in total. The first-order valence-corrected chi connectivity index (χ1v) is 15.3. The topological polar surface area (TPSA) is 78.4 Å². The highest BCUT2D eigenvalue weighted by Gasteiger charge is 2.22. The molecule has 218 valence electrons. The Kier molecular flexibility index (Phi) is 8.89. The van der Waals surface area contributed by atoms with Gasteiger partial charge in [0.05, 0.1) is 23.0 Å². The van der Waals surface area contributed by atoms with E-state index >= 15 is 0 Å². The van der Waals surface area contributed by atoms with E-state index in [0.29, 0.717) is 21.7 Å². The molecule has 0 bridgehead atoms. The van der Waals surface area contributed by atoms with Gasteiger partial charge in [-0.3, -0.25) is 0 Å². The molecule has 0 amide bonds. The standard InChI is InChI=1S/C35H32Cl2N4O2/c36-28-10-5-24(6-11-28)34(25-7-12-29(37)13-8-25)27-9-14-32-31(21-27)33(22-38-40-32)39-30-16-19-41(20-17-30)18-15-23-1-3-26(4-2-23)35(42)43/h1-14,21-22,30,34H,15-20H2,(H,39,40)(H,42,43). The molecule has 0 atom stereocenters. The summed E-state index contributed by atoms with van der Waals surface area (Å²) in [5.74, 6) is -0.888. The Hall–Kier alpha value is -3.97. The molecule has 0 aliphatic carbocycles. The summed E-state index contributed by atoms with van der Waals surface area (Å²) in [5.41, 5.74) is 6.78. The van der Waals surface area contributed by atoms with Crippen molar-refractivity contribution >= 4 is 45.8 Å². The number of carboxylic acid groups (broad SMARTS) is 1. The number of hydrogen-bond acceptors (Lipinski definition) is 5. The van der Waals surface area contributed by atoms with Crippen LogP contribution in [-0.4, -0.2) is 51.8 Å². The molecule has 6 rings (SSSR count). The van der Waals surface area contributed by atoms with Gasteiger partial charge in [0.25, 0.3) is 0 Å². The lowest BCUT2D eigenvalue weighted by atomic mass is 9.84. The van der Waals surface area contributed by atoms with E-state index in [1.54, 1.807) is 12.1 Å². The average Bonchev–Trinajstić information content (AvgIpc) is 3.03. The molecule has 0 spiro atoms. The number of benzene rings is 4. The molecule has 0 saturated carbocycles. The second-order valence-corrected chi connectivity index (χ2v) is 12.0. The third kappa shape index (κ3) is 6.99. The molecular weight excluding hydrogens is 579 g/mol. The Morgan fingerprint density at radius 2 is 1.47 bits per heavy atom. The number of nitrogens with zero attached hydrogens (tertiary/aromatic N) is 3. The maximum atomic E-state index is 11.1. The Morgan fingerprint density at radius 3 is 2.07 bits per heavy atom. The highest BCUT2D eigenvalue weighted by molar-refractivity contribution is 6.30. The number of aromatic carboxylic acids is 1. The second-order valence-electron chi connectivity index (χ2n) is 11.1. The Bertz CT molecular complexity index is 1660. The maximum Gasteiger partial charge on any atom is 0.335 e. The maximum absolute atomic E-state index is 11.1. The lowest BCUT2D eigenvalue weighted by Gasteiger charge is -2.33. The van der Waals surface area contributed by atoms with Crippen LogP contribution in [0.3, 0.4) is 0 Å². The highest BCUT2D eigenvalue weighted by atomic mass is 35.5. The van der Waals surface area contributed by atoms with Gasteiger partial charge in [0.1, 0.15) is 0 Å². The molecule has 5 aromatic rings. The number of piperidine rings is 1. The van der Waals surface area contributed by atoms with Gasteiger partial charge in [0.15, 0.2) is 0 Å². The fourth-order valence-electron chi connectivity index (χ4n) is 5.88. The molecular formula is C35H32Cl2N4O2. The van der Waals surface area contributed by atoms with E-state index in [9.17, 15) is 4.79 Å². The number of anilines is 1. The quantitative estimate of drug-likeness (QED) is 0.165. The van der Waals surface area contributed by atoms with Gasteiger partial charge in [0.2, 0.25) is 0 Å². The average molecular weight is 612 g/mol. The molecule has 1 saturated heterocycles. The van der Waals surface area contributed by atoms with Crippen LogP contribution in [0.25, 0.3) is 10.9 Å². The van der Waals surface area contributed by atoms with E-state index in [-0.39, 0.29) is 5.92 Å². The predicted molar refractivity (Wildman–Crippen MR) is 174 cm³/mol. The number of hydrogen-bond donors (Lipinski definition) is 2. The monoisotopic (exact) mass is 610 g/mol. The van der Waals surface area contributed by atoms with Gasteiger partial charge in [-0.1, -0.05) is 65.7 Å². The molecule has 0 unspecified atom stereocenters. The molecule has 8 heteroatoms. The van der Waals surface area contributed by atoms with E-state index in [0.717, 1.165) is 77.7 Å². The van der Waals surface area contributed by atoms with Gasteiger partial charge in [-0.25, -0.2) is 4.79 Å². The summed E-state index contributed by atoms with van der Waals surface area (Å²) >= 11 is 12.5. The molecule has 2 N–H and O–H groups in total. The smallest absolute Gasteiger partial charge is 0.335 e. The van der Waals surface area contributed by atoms with Crippen molar-refractivity contribution in [1.82, 2.24) is 15.1 Å². The van der Waals surface area contributed by atoms with Crippen LogP contribution < -0.4 is 5.32 Å². The number of fused-ring (bicyclic) bond motifs is 1. The van der Waals surface area contributed by atoms with Crippen molar-refractivity contribution in [2.24, 2.45) is 0 Å². The number of carboxylic acids is 1. The third-order valence-corrected chi connectivity index (χ3v) is 8.77. The molecule has 1 aliphatic heterocycles. The summed E-state index contributed by atoms with van der Waals surface area (Å²) < 4.78 is 0. The van der Waals surface area contributed by atoms with Gasteiger partial charge in [0, 0.05) is 47.0 Å². The molecule has 1 aliphatic rings. The van der Waals surface area contributed by atoms with E-state index in [4.69, 9.17) is 28.3 Å². The second kappa shape index (κ2) is 13.1. The van der Waals surface area contributed by atoms with Gasteiger partial charge < -0.3 is 15.3 Å². The summed E-state index contributed by atoms with van der Waals surface area (Å²) in [7, 11) is 0. The van der Waals surface area contributed by atoms with Crippen LogP contribution in [0.5, 0.6) is 0 Å². The fraction of sp³-hybridized carbons (Fsp3) is 0.229. The summed E-state index contributed by atoms with van der Waals surface area (Å²) in [6.07, 6.45) is 4.79. The zero-order valence-corrected chi connectivity index (χ0v) is 25.1. The lowest BCUT2D eigenvalue weighted by Crippen LogP contribution is -2.40. The summed E-state index contributed by atoms with van der Waals surface area (Å²) in [4.78, 5) is 13.6. The van der Waals surface area contributed by atoms with Crippen LogP contribution in [0.4, 0.5) is 5.69 Å². The van der Waals surface area contributed by atoms with Crippen molar-refractivity contribution < 1.29 is 9.90 Å². The lowest BCUT2D eigenvalue weighted by molar-refractivity contribution is 0.0697. The van der Waals surface area contributed by atoms with E-state index in [1.165, 1.54) is 0 Å². The van der Waals surface area contributed by atoms with Crippen LogP contribution in [-0.2, 0) is 6.42 Å². The normalized spacial score (nSPS) is 14.3. The number of likely N-dealkylation sites (tertiary alicyclic amines) is 1. The van der Waals surface area contributed by atoms with Crippen LogP contribution in [0.1, 0.15) is 51.4 Å². The SMILES string of the molecule is O=C(O)c1ccc(CCN2CCC(Nc3cnnc4ccc(C(c5ccc(Cl)cc5)c5ccc(Cl)cc5)cc34)CC2)cc1. The first-order valence-electron chi connectivity index (χ1n) is 14.5. The third-order valence-electron chi connectivity index (χ3n) is 8.27. The van der Waals surface area contributed by atoms with E-state index in [1.807, 2.05) is 48.7 Å². The van der Waals surface area contributed by atoms with E-state index in [2.05, 4.69) is 56.8 Å². The number of rotatable bonds is 9. The van der Waals surface area contributed by atoms with Crippen molar-refractivity contribution in [1.29, 1.82) is 0 Å². The number of halogens is 2. The zero-order valence-electron chi connectivity index (χ0n) is 23.6. The molecule has 4 aromatic carbocycles. The van der Waals surface area contributed by atoms with Crippen LogP contribution in [0.2, 0.25) is 10.0 Å². The molecule has 1 aromatic heterocycles. The summed E-state index contributed by atoms with van der Waals surface area (Å²) in [6, 6.07) is 30.0. The summed E-state index contributed by atoms with van der Waals surface area (Å²) in [6.45, 7) is 2.96. The Labute approximate surface area is 261 Å². The van der Waals surface area contributed by atoms with Gasteiger partial charge in [-0.15, -0.1) is 0 Å². The first-order chi connectivity index (χ1) is 20.9. The van der Waals surface area contributed by atoms with Gasteiger partial charge >= 0.3 is 5.97 Å². The van der Waals surface area contributed by atoms with Crippen LogP contribution in [0, 0.1) is 0 Å². The van der Waals surface area contributed by atoms with E-state index < -0.39 is 5.97 Å². The largest absolute Gasteiger partial charge is 0.478 e. The number of carbonyl (C=O) groups is 1. The predicted octanol–water partition coefficient (Wildman–Crippen LogP) is 7.93. The van der Waals surface area contributed by atoms with Crippen molar-refractivity contribution in [3.05, 3.63) is 135 Å². The molecule has 0 radical (unpaired) electrons.